The Labute approximate surface area is 77.0 Å². The first-order valence-corrected chi connectivity index (χ1v) is 4.21. The molecule has 0 radical (unpaired) electrons. The van der Waals surface area contributed by atoms with Crippen molar-refractivity contribution in [3.63, 3.8) is 0 Å². The van der Waals surface area contributed by atoms with Gasteiger partial charge in [-0.05, 0) is 18.6 Å². The number of pyridine rings is 1. The van der Waals surface area contributed by atoms with E-state index in [4.69, 9.17) is 15.9 Å². The van der Waals surface area contributed by atoms with Crippen LogP contribution in [0.3, 0.4) is 0 Å². The van der Waals surface area contributed by atoms with E-state index in [0.717, 1.165) is 0 Å². The zero-order valence-electron chi connectivity index (χ0n) is 7.35. The molecule has 13 heavy (non-hydrogen) atoms. The van der Waals surface area contributed by atoms with Gasteiger partial charge in [-0.2, -0.15) is 0 Å². The number of hydrogen-bond acceptors (Lipinski definition) is 4. The van der Waals surface area contributed by atoms with E-state index in [1.54, 1.807) is 18.2 Å². The Balaban J connectivity index is 2.75. The third-order valence-corrected chi connectivity index (χ3v) is 1.81. The molecule has 0 fully saturated rings. The third-order valence-electron chi connectivity index (χ3n) is 1.81. The fraction of sp³-hybridized carbons (Fsp3) is 0.444. The summed E-state index contributed by atoms with van der Waals surface area (Å²) >= 11 is 0. The van der Waals surface area contributed by atoms with Gasteiger partial charge in [-0.1, -0.05) is 6.07 Å². The Morgan fingerprint density at radius 3 is 2.77 bits per heavy atom. The molecule has 0 spiro atoms. The summed E-state index contributed by atoms with van der Waals surface area (Å²) in [6.07, 6.45) is 0.488. The molecule has 1 aromatic rings. The monoisotopic (exact) mass is 182 g/mol. The van der Waals surface area contributed by atoms with Gasteiger partial charge < -0.3 is 15.9 Å². The summed E-state index contributed by atoms with van der Waals surface area (Å²) in [5.41, 5.74) is 7.04. The van der Waals surface area contributed by atoms with Crippen LogP contribution in [0.15, 0.2) is 18.2 Å². The molecule has 0 amide bonds. The van der Waals surface area contributed by atoms with Crippen LogP contribution >= 0.6 is 0 Å². The molecule has 1 aromatic heterocycles. The van der Waals surface area contributed by atoms with Gasteiger partial charge in [-0.15, -0.1) is 0 Å². The lowest BCUT2D eigenvalue weighted by molar-refractivity contribution is 0.271. The van der Waals surface area contributed by atoms with Crippen molar-refractivity contribution in [2.24, 2.45) is 5.73 Å². The molecule has 1 heterocycles. The van der Waals surface area contributed by atoms with Crippen LogP contribution in [0.5, 0.6) is 0 Å². The smallest absolute Gasteiger partial charge is 0.0853 e. The number of aromatic nitrogens is 1. The quantitative estimate of drug-likeness (QED) is 0.610. The van der Waals surface area contributed by atoms with Crippen LogP contribution in [-0.4, -0.2) is 21.8 Å². The van der Waals surface area contributed by atoms with E-state index in [1.807, 2.05) is 0 Å². The number of aliphatic hydroxyl groups excluding tert-OH is 2. The van der Waals surface area contributed by atoms with E-state index in [2.05, 4.69) is 4.98 Å². The summed E-state index contributed by atoms with van der Waals surface area (Å²) in [4.78, 5) is 4.12. The minimum atomic E-state index is -0.253. The van der Waals surface area contributed by atoms with Crippen LogP contribution in [0.2, 0.25) is 0 Å². The van der Waals surface area contributed by atoms with Crippen LogP contribution in [0.4, 0.5) is 0 Å². The van der Waals surface area contributed by atoms with Gasteiger partial charge in [0.15, 0.2) is 0 Å². The van der Waals surface area contributed by atoms with Gasteiger partial charge >= 0.3 is 0 Å². The maximum absolute atomic E-state index is 8.82. The van der Waals surface area contributed by atoms with E-state index in [0.29, 0.717) is 17.8 Å². The zero-order chi connectivity index (χ0) is 9.68. The number of nitrogens with zero attached hydrogens (tertiary/aromatic N) is 1. The number of aliphatic hydroxyl groups is 2. The highest BCUT2D eigenvalue weighted by molar-refractivity contribution is 5.13. The molecule has 0 aliphatic carbocycles. The lowest BCUT2D eigenvalue weighted by Gasteiger charge is -2.09. The molecule has 0 saturated heterocycles. The maximum atomic E-state index is 8.82. The van der Waals surface area contributed by atoms with Crippen molar-refractivity contribution in [3.8, 4) is 0 Å². The molecule has 0 aliphatic heterocycles. The maximum Gasteiger partial charge on any atom is 0.0853 e. The Morgan fingerprint density at radius 1 is 1.38 bits per heavy atom. The van der Waals surface area contributed by atoms with Gasteiger partial charge in [-0.25, -0.2) is 0 Å². The Kier molecular flexibility index (Phi) is 3.82. The van der Waals surface area contributed by atoms with Gasteiger partial charge in [0.1, 0.15) is 0 Å². The topological polar surface area (TPSA) is 79.4 Å². The normalized spacial score (nSPS) is 12.8. The summed E-state index contributed by atoms with van der Waals surface area (Å²) in [5.74, 6) is 0. The van der Waals surface area contributed by atoms with E-state index in [1.165, 1.54) is 0 Å². The second-order valence-electron chi connectivity index (χ2n) is 2.83. The van der Waals surface area contributed by atoms with E-state index < -0.39 is 0 Å². The summed E-state index contributed by atoms with van der Waals surface area (Å²) in [6, 6.07) is 5.07. The lowest BCUT2D eigenvalue weighted by Crippen LogP contribution is -2.14. The second kappa shape index (κ2) is 4.91. The van der Waals surface area contributed by atoms with E-state index in [9.17, 15) is 0 Å². The fourth-order valence-electron chi connectivity index (χ4n) is 1.08. The van der Waals surface area contributed by atoms with Crippen molar-refractivity contribution in [2.75, 3.05) is 6.61 Å². The predicted octanol–water partition coefficient (Wildman–Crippen LogP) is -0.0439. The molecule has 0 bridgehead atoms. The minimum absolute atomic E-state index is 0.0478. The third kappa shape index (κ3) is 2.77. The van der Waals surface area contributed by atoms with E-state index in [-0.39, 0.29) is 19.3 Å². The molecule has 1 atom stereocenters. The van der Waals surface area contributed by atoms with Crippen molar-refractivity contribution < 1.29 is 10.2 Å². The fourth-order valence-corrected chi connectivity index (χ4v) is 1.08. The van der Waals surface area contributed by atoms with Crippen LogP contribution < -0.4 is 5.73 Å². The van der Waals surface area contributed by atoms with Gasteiger partial charge in [0, 0.05) is 12.6 Å². The average molecular weight is 182 g/mol. The van der Waals surface area contributed by atoms with Crippen LogP contribution in [0, 0.1) is 0 Å². The molecule has 72 valence electrons. The highest BCUT2D eigenvalue weighted by Gasteiger charge is 2.06. The van der Waals surface area contributed by atoms with Gasteiger partial charge in [-0.3, -0.25) is 4.98 Å². The SMILES string of the molecule is N[C@@H](CCO)c1cccc(CO)n1. The molecule has 4 N–H and O–H groups in total. The Bertz CT molecular complexity index is 266. The van der Waals surface area contributed by atoms with Crippen LogP contribution in [0.25, 0.3) is 0 Å². The van der Waals surface area contributed by atoms with Crippen molar-refractivity contribution in [3.05, 3.63) is 29.6 Å². The molecule has 0 saturated carbocycles. The Hall–Kier alpha value is -0.970. The number of nitrogens with two attached hydrogens (primary N) is 1. The summed E-state index contributed by atoms with van der Waals surface area (Å²) in [5, 5.41) is 17.5. The molecule has 0 aliphatic rings. The van der Waals surface area contributed by atoms with Crippen LogP contribution in [-0.2, 0) is 6.61 Å². The molecule has 0 aromatic carbocycles. The molecular weight excluding hydrogens is 168 g/mol. The Morgan fingerprint density at radius 2 is 2.15 bits per heavy atom. The van der Waals surface area contributed by atoms with Crippen molar-refractivity contribution in [2.45, 2.75) is 19.1 Å². The highest BCUT2D eigenvalue weighted by Crippen LogP contribution is 2.11. The first-order valence-electron chi connectivity index (χ1n) is 4.21. The summed E-state index contributed by atoms with van der Waals surface area (Å²) in [7, 11) is 0. The average Bonchev–Trinajstić information content (AvgIpc) is 2.18. The van der Waals surface area contributed by atoms with Gasteiger partial charge in [0.05, 0.1) is 18.0 Å². The van der Waals surface area contributed by atoms with Gasteiger partial charge in [0.2, 0.25) is 0 Å². The van der Waals surface area contributed by atoms with E-state index >= 15 is 0 Å². The van der Waals surface area contributed by atoms with Crippen LogP contribution in [0.1, 0.15) is 23.9 Å². The molecule has 4 heteroatoms. The summed E-state index contributed by atoms with van der Waals surface area (Å²) in [6.45, 7) is -0.0358. The predicted molar refractivity (Wildman–Crippen MR) is 48.8 cm³/mol. The number of rotatable bonds is 4. The van der Waals surface area contributed by atoms with Gasteiger partial charge in [0.25, 0.3) is 0 Å². The second-order valence-corrected chi connectivity index (χ2v) is 2.83. The molecule has 1 rings (SSSR count). The summed E-state index contributed by atoms with van der Waals surface area (Å²) < 4.78 is 0. The van der Waals surface area contributed by atoms with Crippen molar-refractivity contribution in [1.29, 1.82) is 0 Å². The zero-order valence-corrected chi connectivity index (χ0v) is 7.35. The first kappa shape index (κ1) is 10.1. The largest absolute Gasteiger partial charge is 0.396 e. The highest BCUT2D eigenvalue weighted by atomic mass is 16.3. The molecular formula is C9H14N2O2. The first-order chi connectivity index (χ1) is 6.27. The number of hydrogen-bond donors (Lipinski definition) is 3. The minimum Gasteiger partial charge on any atom is -0.396 e. The molecule has 4 nitrogen and oxygen atoms in total. The lowest BCUT2D eigenvalue weighted by atomic mass is 10.1. The van der Waals surface area contributed by atoms with Crippen molar-refractivity contribution in [1.82, 2.24) is 4.98 Å². The molecule has 0 unspecified atom stereocenters. The standard InChI is InChI=1S/C9H14N2O2/c10-8(4-5-12)9-3-1-2-7(6-13)11-9/h1-3,8,12-13H,4-6,10H2/t8-/m0/s1. The van der Waals surface area contributed by atoms with Crippen molar-refractivity contribution >= 4 is 0 Å².